The third-order valence-corrected chi connectivity index (χ3v) is 4.29. The van der Waals surface area contributed by atoms with E-state index in [-0.39, 0.29) is 0 Å². The molecule has 0 bridgehead atoms. The summed E-state index contributed by atoms with van der Waals surface area (Å²) < 4.78 is 5.42. The lowest BCUT2D eigenvalue weighted by Gasteiger charge is -2.18. The average Bonchev–Trinajstić information content (AvgIpc) is 3.04. The first-order valence-electron chi connectivity index (χ1n) is 8.37. The number of benzene rings is 1. The minimum atomic E-state index is 0.508. The van der Waals surface area contributed by atoms with Gasteiger partial charge in [-0.3, -0.25) is 0 Å². The summed E-state index contributed by atoms with van der Waals surface area (Å²) in [6, 6.07) is 8.12. The lowest BCUT2D eigenvalue weighted by Crippen LogP contribution is -2.28. The second kappa shape index (κ2) is 7.40. The van der Waals surface area contributed by atoms with Crippen LogP contribution in [-0.2, 0) is 0 Å². The zero-order chi connectivity index (χ0) is 16.9. The number of nitrogens with one attached hydrogen (secondary N) is 1. The SMILES string of the molecule is CCN(CC)CCNc1ncnc2onc(-c3ccccc3C)c12. The van der Waals surface area contributed by atoms with E-state index in [1.54, 1.807) is 0 Å². The molecule has 0 aliphatic rings. The molecule has 0 spiro atoms. The Morgan fingerprint density at radius 3 is 2.67 bits per heavy atom. The van der Waals surface area contributed by atoms with E-state index in [9.17, 15) is 0 Å². The highest BCUT2D eigenvalue weighted by atomic mass is 16.5. The fourth-order valence-electron chi connectivity index (χ4n) is 2.82. The van der Waals surface area contributed by atoms with Gasteiger partial charge in [0.05, 0.1) is 0 Å². The lowest BCUT2D eigenvalue weighted by atomic mass is 10.0. The van der Waals surface area contributed by atoms with Crippen LogP contribution in [0.1, 0.15) is 19.4 Å². The molecule has 2 aromatic heterocycles. The average molecular weight is 325 g/mol. The van der Waals surface area contributed by atoms with E-state index >= 15 is 0 Å². The zero-order valence-electron chi connectivity index (χ0n) is 14.4. The molecule has 0 radical (unpaired) electrons. The van der Waals surface area contributed by atoms with Crippen LogP contribution in [0.4, 0.5) is 5.82 Å². The Morgan fingerprint density at radius 2 is 1.92 bits per heavy atom. The molecule has 24 heavy (non-hydrogen) atoms. The molecule has 0 saturated heterocycles. The van der Waals surface area contributed by atoms with Gasteiger partial charge in [-0.05, 0) is 25.6 Å². The highest BCUT2D eigenvalue weighted by molar-refractivity contribution is 5.98. The predicted molar refractivity (Wildman–Crippen MR) is 96.0 cm³/mol. The normalized spacial score (nSPS) is 11.3. The van der Waals surface area contributed by atoms with Gasteiger partial charge in [-0.1, -0.05) is 43.3 Å². The maximum absolute atomic E-state index is 5.42. The first-order valence-corrected chi connectivity index (χ1v) is 8.37. The molecule has 3 aromatic rings. The molecule has 2 heterocycles. The summed E-state index contributed by atoms with van der Waals surface area (Å²) in [5, 5.41) is 8.48. The highest BCUT2D eigenvalue weighted by Gasteiger charge is 2.17. The van der Waals surface area contributed by atoms with Crippen LogP contribution in [0.5, 0.6) is 0 Å². The van der Waals surface area contributed by atoms with Crippen molar-refractivity contribution in [1.82, 2.24) is 20.0 Å². The van der Waals surface area contributed by atoms with Gasteiger partial charge in [0.25, 0.3) is 5.71 Å². The summed E-state index contributed by atoms with van der Waals surface area (Å²) in [4.78, 5) is 11.0. The van der Waals surface area contributed by atoms with Gasteiger partial charge in [-0.15, -0.1) is 0 Å². The molecular weight excluding hydrogens is 302 g/mol. The molecule has 6 nitrogen and oxygen atoms in total. The minimum absolute atomic E-state index is 0.508. The highest BCUT2D eigenvalue weighted by Crippen LogP contribution is 2.32. The van der Waals surface area contributed by atoms with Crippen molar-refractivity contribution in [2.75, 3.05) is 31.5 Å². The van der Waals surface area contributed by atoms with Crippen LogP contribution in [0.15, 0.2) is 35.1 Å². The van der Waals surface area contributed by atoms with Gasteiger partial charge in [-0.2, -0.15) is 4.98 Å². The van der Waals surface area contributed by atoms with Crippen LogP contribution >= 0.6 is 0 Å². The number of likely N-dealkylation sites (N-methyl/N-ethyl adjacent to an activating group) is 1. The number of nitrogens with zero attached hydrogens (tertiary/aromatic N) is 4. The van der Waals surface area contributed by atoms with Gasteiger partial charge >= 0.3 is 0 Å². The molecule has 0 aliphatic carbocycles. The number of rotatable bonds is 7. The van der Waals surface area contributed by atoms with Gasteiger partial charge in [0.1, 0.15) is 23.2 Å². The van der Waals surface area contributed by atoms with E-state index in [2.05, 4.69) is 52.2 Å². The van der Waals surface area contributed by atoms with Gasteiger partial charge in [0.15, 0.2) is 0 Å². The van der Waals surface area contributed by atoms with E-state index < -0.39 is 0 Å². The minimum Gasteiger partial charge on any atom is -0.368 e. The van der Waals surface area contributed by atoms with Crippen molar-refractivity contribution in [3.63, 3.8) is 0 Å². The standard InChI is InChI=1S/C18H23N5O/c1-4-23(5-2)11-10-19-17-15-16(14-9-7-6-8-13(14)3)22-24-18(15)21-12-20-17/h6-9,12H,4-5,10-11H2,1-3H3,(H,19,20,21). The van der Waals surface area contributed by atoms with Crippen molar-refractivity contribution in [1.29, 1.82) is 0 Å². The number of hydrogen-bond donors (Lipinski definition) is 1. The third-order valence-electron chi connectivity index (χ3n) is 4.29. The van der Waals surface area contributed by atoms with Crippen molar-refractivity contribution < 1.29 is 4.52 Å². The summed E-state index contributed by atoms with van der Waals surface area (Å²) in [5.74, 6) is 0.770. The fraction of sp³-hybridized carbons (Fsp3) is 0.389. The van der Waals surface area contributed by atoms with E-state index in [0.717, 1.165) is 54.2 Å². The van der Waals surface area contributed by atoms with Crippen LogP contribution in [0.2, 0.25) is 0 Å². The van der Waals surface area contributed by atoms with Crippen LogP contribution in [-0.4, -0.2) is 46.2 Å². The maximum atomic E-state index is 5.42. The molecule has 0 atom stereocenters. The molecule has 0 saturated carbocycles. The summed E-state index contributed by atoms with van der Waals surface area (Å²) in [5.41, 5.74) is 3.48. The molecule has 0 fully saturated rings. The third kappa shape index (κ3) is 3.23. The Bertz CT molecular complexity index is 810. The molecule has 3 rings (SSSR count). The second-order valence-corrected chi connectivity index (χ2v) is 5.70. The van der Waals surface area contributed by atoms with Crippen molar-refractivity contribution in [3.8, 4) is 11.3 Å². The molecule has 1 N–H and O–H groups in total. The Balaban J connectivity index is 1.92. The van der Waals surface area contributed by atoms with Crippen molar-refractivity contribution in [3.05, 3.63) is 36.2 Å². The van der Waals surface area contributed by atoms with Crippen molar-refractivity contribution >= 4 is 16.9 Å². The zero-order valence-corrected chi connectivity index (χ0v) is 14.4. The molecule has 0 amide bonds. The molecule has 126 valence electrons. The van der Waals surface area contributed by atoms with E-state index in [1.165, 1.54) is 6.33 Å². The second-order valence-electron chi connectivity index (χ2n) is 5.70. The van der Waals surface area contributed by atoms with Crippen LogP contribution in [0.3, 0.4) is 0 Å². The Morgan fingerprint density at radius 1 is 1.12 bits per heavy atom. The predicted octanol–water partition coefficient (Wildman–Crippen LogP) is 3.35. The largest absolute Gasteiger partial charge is 0.368 e. The smallest absolute Gasteiger partial charge is 0.263 e. The number of aryl methyl sites for hydroxylation is 1. The Hall–Kier alpha value is -2.47. The number of fused-ring (bicyclic) bond motifs is 1. The van der Waals surface area contributed by atoms with Gasteiger partial charge in [0, 0.05) is 18.7 Å². The molecule has 6 heteroatoms. The lowest BCUT2D eigenvalue weighted by molar-refractivity contribution is 0.316. The maximum Gasteiger partial charge on any atom is 0.263 e. The Kier molecular flexibility index (Phi) is 5.05. The number of anilines is 1. The molecular formula is C18H23N5O. The number of hydrogen-bond acceptors (Lipinski definition) is 6. The van der Waals surface area contributed by atoms with E-state index in [0.29, 0.717) is 5.71 Å². The monoisotopic (exact) mass is 325 g/mol. The van der Waals surface area contributed by atoms with Gasteiger partial charge in [0.2, 0.25) is 0 Å². The molecule has 1 aromatic carbocycles. The Labute approximate surface area is 141 Å². The summed E-state index contributed by atoms with van der Waals surface area (Å²) in [7, 11) is 0. The van der Waals surface area contributed by atoms with Crippen LogP contribution in [0.25, 0.3) is 22.4 Å². The number of aromatic nitrogens is 3. The first kappa shape index (κ1) is 16.4. The molecule has 0 aliphatic heterocycles. The van der Waals surface area contributed by atoms with E-state index in [1.807, 2.05) is 18.2 Å². The quantitative estimate of drug-likeness (QED) is 0.718. The van der Waals surface area contributed by atoms with Crippen molar-refractivity contribution in [2.45, 2.75) is 20.8 Å². The topological polar surface area (TPSA) is 67.1 Å². The van der Waals surface area contributed by atoms with Crippen molar-refractivity contribution in [2.24, 2.45) is 0 Å². The van der Waals surface area contributed by atoms with E-state index in [4.69, 9.17) is 4.52 Å². The summed E-state index contributed by atoms with van der Waals surface area (Å²) in [6.07, 6.45) is 1.51. The molecule has 0 unspecified atom stereocenters. The van der Waals surface area contributed by atoms with Gasteiger partial charge < -0.3 is 14.7 Å². The summed E-state index contributed by atoms with van der Waals surface area (Å²) >= 11 is 0. The van der Waals surface area contributed by atoms with Gasteiger partial charge in [-0.25, -0.2) is 4.98 Å². The first-order chi connectivity index (χ1) is 11.7. The summed E-state index contributed by atoms with van der Waals surface area (Å²) in [6.45, 7) is 10.3. The fourth-order valence-corrected chi connectivity index (χ4v) is 2.82. The van der Waals surface area contributed by atoms with Crippen LogP contribution in [0, 0.1) is 6.92 Å². The van der Waals surface area contributed by atoms with Crippen LogP contribution < -0.4 is 5.32 Å².